The Morgan fingerprint density at radius 1 is 0.864 bits per heavy atom. The topological polar surface area (TPSA) is 44.8 Å². The molecule has 0 unspecified atom stereocenters. The Morgan fingerprint density at radius 2 is 1.36 bits per heavy atom. The van der Waals surface area contributed by atoms with Gasteiger partial charge in [0.25, 0.3) is 8.32 Å². The molecule has 4 rings (SSSR count). The van der Waals surface area contributed by atoms with Gasteiger partial charge in [-0.1, -0.05) is 135 Å². The molecule has 0 aromatic heterocycles. The Bertz CT molecular complexity index is 1310. The quantitative estimate of drug-likeness (QED) is 0.156. The van der Waals surface area contributed by atoms with E-state index < -0.39 is 14.6 Å². The van der Waals surface area contributed by atoms with Crippen LogP contribution in [0.25, 0.3) is 0 Å². The molecule has 3 aromatic rings. The number of rotatable bonds is 11. The van der Waals surface area contributed by atoms with E-state index in [9.17, 15) is 4.79 Å². The summed E-state index contributed by atoms with van der Waals surface area (Å²) >= 11 is 1.82. The zero-order valence-electron chi connectivity index (χ0n) is 28.3. The number of carbonyl (C=O) groups excluding carboxylic acids is 1. The third-order valence-corrected chi connectivity index (χ3v) is 15.1. The lowest BCUT2D eigenvalue weighted by molar-refractivity contribution is -0.173. The summed E-state index contributed by atoms with van der Waals surface area (Å²) in [5.41, 5.74) is 4.09. The van der Waals surface area contributed by atoms with Crippen LogP contribution in [0.1, 0.15) is 110 Å². The number of carbonyl (C=O) groups is 1. The minimum atomic E-state index is -2.73. The number of thioether (sulfide) groups is 1. The molecule has 0 radical (unpaired) electrons. The van der Waals surface area contributed by atoms with Gasteiger partial charge in [0.1, 0.15) is 0 Å². The number of hydrogen-bond acceptors (Lipinski definition) is 5. The minimum Gasteiger partial charge on any atom is -0.435 e. The predicted octanol–water partition coefficient (Wildman–Crippen LogP) is 8.77. The molecule has 1 fully saturated rings. The molecule has 0 aliphatic carbocycles. The van der Waals surface area contributed by atoms with E-state index in [1.807, 2.05) is 11.8 Å². The van der Waals surface area contributed by atoms with Crippen LogP contribution in [0.3, 0.4) is 0 Å². The van der Waals surface area contributed by atoms with Crippen LogP contribution in [0.5, 0.6) is 0 Å². The van der Waals surface area contributed by atoms with E-state index in [0.29, 0.717) is 24.4 Å². The average Bonchev–Trinajstić information content (AvgIpc) is 3.33. The van der Waals surface area contributed by atoms with Gasteiger partial charge >= 0.3 is 5.97 Å². The van der Waals surface area contributed by atoms with Crippen molar-refractivity contribution in [3.05, 3.63) is 89.5 Å². The Kier molecular flexibility index (Phi) is 11.3. The Balaban J connectivity index is 1.68. The molecule has 1 aliphatic heterocycles. The molecule has 44 heavy (non-hydrogen) atoms. The van der Waals surface area contributed by atoms with Gasteiger partial charge in [0.05, 0.1) is 18.0 Å². The molecule has 3 aromatic carbocycles. The van der Waals surface area contributed by atoms with Gasteiger partial charge in [-0.2, -0.15) is 0 Å². The summed E-state index contributed by atoms with van der Waals surface area (Å²) in [7, 11) is -2.73. The van der Waals surface area contributed by atoms with Gasteiger partial charge in [0, 0.05) is 11.8 Å². The van der Waals surface area contributed by atoms with Gasteiger partial charge < -0.3 is 13.9 Å². The third kappa shape index (κ3) is 7.52. The maximum Gasteiger partial charge on any atom is 0.304 e. The van der Waals surface area contributed by atoms with Crippen molar-refractivity contribution in [3.63, 3.8) is 0 Å². The van der Waals surface area contributed by atoms with Crippen LogP contribution >= 0.6 is 11.8 Å². The molecule has 6 heteroatoms. The smallest absolute Gasteiger partial charge is 0.304 e. The Labute approximate surface area is 271 Å². The maximum atomic E-state index is 12.3. The molecule has 0 N–H and O–H groups in total. The fourth-order valence-electron chi connectivity index (χ4n) is 6.34. The van der Waals surface area contributed by atoms with Gasteiger partial charge in [-0.05, 0) is 56.3 Å². The number of benzene rings is 3. The van der Waals surface area contributed by atoms with E-state index in [4.69, 9.17) is 13.9 Å². The first-order chi connectivity index (χ1) is 20.7. The molecule has 3 atom stereocenters. The highest BCUT2D eigenvalue weighted by Crippen LogP contribution is 2.45. The highest BCUT2D eigenvalue weighted by Gasteiger charge is 2.51. The fraction of sp³-hybridized carbons (Fsp3) is 0.500. The van der Waals surface area contributed by atoms with Gasteiger partial charge in [-0.3, -0.25) is 4.79 Å². The summed E-state index contributed by atoms with van der Waals surface area (Å²) < 4.78 is 19.6. The van der Waals surface area contributed by atoms with Crippen molar-refractivity contribution >= 4 is 36.4 Å². The van der Waals surface area contributed by atoms with E-state index in [2.05, 4.69) is 135 Å². The van der Waals surface area contributed by atoms with Gasteiger partial charge in [-0.25, -0.2) is 0 Å². The maximum absolute atomic E-state index is 12.3. The van der Waals surface area contributed by atoms with Crippen LogP contribution in [0, 0.1) is 0 Å². The van der Waals surface area contributed by atoms with Crippen LogP contribution in [-0.2, 0) is 18.7 Å². The first kappa shape index (κ1) is 34.5. The summed E-state index contributed by atoms with van der Waals surface area (Å²) in [6.07, 6.45) is -0.0876. The number of ether oxygens (including phenoxy) is 2. The van der Waals surface area contributed by atoms with Crippen molar-refractivity contribution in [2.45, 2.75) is 121 Å². The minimum absolute atomic E-state index is 0.0356. The SMILES string of the molecule is CC(=O)O[C@@H]1O[C@H](CO[Si](c2ccccc2)(c2ccccc2)C(C)(C)C)C[C@H]1Sc1c(C(C)C)cc(C(C)C)cc1C(C)C. The summed E-state index contributed by atoms with van der Waals surface area (Å²) in [5.74, 6) is 0.878. The molecular formula is C38H52O4SSi. The monoisotopic (exact) mass is 632 g/mol. The summed E-state index contributed by atoms with van der Waals surface area (Å²) in [4.78, 5) is 13.6. The molecule has 0 saturated carbocycles. The lowest BCUT2D eigenvalue weighted by Crippen LogP contribution is -2.67. The number of hydrogen-bond donors (Lipinski definition) is 0. The van der Waals surface area contributed by atoms with E-state index in [-0.39, 0.29) is 22.4 Å². The van der Waals surface area contributed by atoms with Crippen LogP contribution in [0.2, 0.25) is 5.04 Å². The second-order valence-corrected chi connectivity index (χ2v) is 19.6. The molecule has 238 valence electrons. The highest BCUT2D eigenvalue weighted by atomic mass is 32.2. The van der Waals surface area contributed by atoms with E-state index in [1.165, 1.54) is 38.9 Å². The lowest BCUT2D eigenvalue weighted by atomic mass is 9.89. The van der Waals surface area contributed by atoms with Crippen LogP contribution in [0.15, 0.2) is 77.7 Å². The summed E-state index contributed by atoms with van der Waals surface area (Å²) in [5, 5.41) is 2.32. The molecule has 4 nitrogen and oxygen atoms in total. The van der Waals surface area contributed by atoms with Gasteiger partial charge in [0.2, 0.25) is 6.29 Å². The predicted molar refractivity (Wildman–Crippen MR) is 187 cm³/mol. The van der Waals surface area contributed by atoms with Crippen LogP contribution in [0.4, 0.5) is 0 Å². The third-order valence-electron chi connectivity index (χ3n) is 8.66. The van der Waals surface area contributed by atoms with Gasteiger partial charge in [0.15, 0.2) is 0 Å². The molecular weight excluding hydrogens is 581 g/mol. The lowest BCUT2D eigenvalue weighted by Gasteiger charge is -2.43. The Hall–Kier alpha value is -2.38. The van der Waals surface area contributed by atoms with Crippen LogP contribution in [-0.4, -0.2) is 38.5 Å². The second-order valence-electron chi connectivity index (χ2n) is 14.1. The van der Waals surface area contributed by atoms with Crippen molar-refractivity contribution in [1.29, 1.82) is 0 Å². The standard InChI is InChI=1S/C38H52O4SSi/c1-25(2)29-21-33(26(3)4)36(34(22-29)27(5)6)43-35-23-30(42-37(35)41-28(7)39)24-40-44(38(8,9)10,31-17-13-11-14-18-31)32-19-15-12-16-20-32/h11-22,25-27,30,35,37H,23-24H2,1-10H3/t30-,35+,37+/m0/s1. The van der Waals surface area contributed by atoms with Crippen molar-refractivity contribution in [2.24, 2.45) is 0 Å². The second kappa shape index (κ2) is 14.4. The molecule has 1 heterocycles. The number of esters is 1. The first-order valence-corrected chi connectivity index (χ1v) is 19.0. The van der Waals surface area contributed by atoms with Crippen LogP contribution < -0.4 is 10.4 Å². The van der Waals surface area contributed by atoms with Crippen molar-refractivity contribution in [3.8, 4) is 0 Å². The highest BCUT2D eigenvalue weighted by molar-refractivity contribution is 8.00. The first-order valence-electron chi connectivity index (χ1n) is 16.2. The van der Waals surface area contributed by atoms with Crippen molar-refractivity contribution in [2.75, 3.05) is 6.61 Å². The molecule has 1 aliphatic rings. The molecule has 0 amide bonds. The largest absolute Gasteiger partial charge is 0.435 e. The normalized spacial score (nSPS) is 19.2. The molecule has 1 saturated heterocycles. The average molecular weight is 633 g/mol. The van der Waals surface area contributed by atoms with Gasteiger partial charge in [-0.15, -0.1) is 11.8 Å². The summed E-state index contributed by atoms with van der Waals surface area (Å²) in [6, 6.07) is 26.1. The van der Waals surface area contributed by atoms with E-state index >= 15 is 0 Å². The van der Waals surface area contributed by atoms with Crippen molar-refractivity contribution in [1.82, 2.24) is 0 Å². The summed E-state index contributed by atoms with van der Waals surface area (Å²) in [6.45, 7) is 22.3. The van der Waals surface area contributed by atoms with Crippen molar-refractivity contribution < 1.29 is 18.7 Å². The van der Waals surface area contributed by atoms with E-state index in [1.54, 1.807) is 0 Å². The zero-order chi connectivity index (χ0) is 32.2. The molecule has 0 bridgehead atoms. The molecule has 0 spiro atoms. The fourth-order valence-corrected chi connectivity index (χ4v) is 12.6. The zero-order valence-corrected chi connectivity index (χ0v) is 30.2. The van der Waals surface area contributed by atoms with E-state index in [0.717, 1.165) is 6.42 Å². The Morgan fingerprint density at radius 3 is 1.77 bits per heavy atom.